The van der Waals surface area contributed by atoms with Gasteiger partial charge in [-0.25, -0.2) is 4.98 Å². The van der Waals surface area contributed by atoms with Crippen molar-refractivity contribution in [1.82, 2.24) is 15.3 Å². The first-order valence-corrected chi connectivity index (χ1v) is 7.44. The molecule has 0 aliphatic rings. The van der Waals surface area contributed by atoms with Crippen LogP contribution in [0.4, 0.5) is 5.82 Å². The van der Waals surface area contributed by atoms with Crippen LogP contribution in [0, 0.1) is 0 Å². The van der Waals surface area contributed by atoms with Gasteiger partial charge in [-0.1, -0.05) is 19.9 Å². The van der Waals surface area contributed by atoms with Crippen LogP contribution in [0.1, 0.15) is 25.0 Å². The Labute approximate surface area is 127 Å². The molecule has 4 nitrogen and oxygen atoms in total. The summed E-state index contributed by atoms with van der Waals surface area (Å²) in [5.74, 6) is 1.06. The minimum Gasteiger partial charge on any atom is -0.359 e. The number of nitrogens with zero attached hydrogens (tertiary/aromatic N) is 3. The highest BCUT2D eigenvalue weighted by atomic mass is 15.2. The first-order chi connectivity index (χ1) is 10.2. The fraction of sp³-hybridized carbons (Fsp3) is 0.412. The molecule has 112 valence electrons. The summed E-state index contributed by atoms with van der Waals surface area (Å²) in [6.07, 6.45) is 6.53. The molecule has 0 unspecified atom stereocenters. The van der Waals surface area contributed by atoms with E-state index in [1.807, 2.05) is 24.7 Å². The molecule has 21 heavy (non-hydrogen) atoms. The van der Waals surface area contributed by atoms with E-state index in [4.69, 9.17) is 0 Å². The van der Waals surface area contributed by atoms with Crippen LogP contribution in [0.15, 0.2) is 42.9 Å². The Morgan fingerprint density at radius 1 is 1.14 bits per heavy atom. The number of likely N-dealkylation sites (N-methyl/N-ethyl adjacent to an activating group) is 1. The van der Waals surface area contributed by atoms with Gasteiger partial charge in [-0.2, -0.15) is 0 Å². The molecule has 0 spiro atoms. The third-order valence-corrected chi connectivity index (χ3v) is 3.42. The van der Waals surface area contributed by atoms with E-state index in [0.717, 1.165) is 25.3 Å². The van der Waals surface area contributed by atoms with Gasteiger partial charge in [0.1, 0.15) is 5.82 Å². The zero-order chi connectivity index (χ0) is 15.1. The van der Waals surface area contributed by atoms with Crippen LogP contribution in [-0.4, -0.2) is 29.6 Å². The number of hydrogen-bond donors (Lipinski definition) is 1. The van der Waals surface area contributed by atoms with Gasteiger partial charge in [0, 0.05) is 50.3 Å². The van der Waals surface area contributed by atoms with Crippen LogP contribution in [0.3, 0.4) is 0 Å². The van der Waals surface area contributed by atoms with Crippen molar-refractivity contribution in [2.24, 2.45) is 0 Å². The normalized spacial score (nSPS) is 10.9. The Morgan fingerprint density at radius 3 is 2.62 bits per heavy atom. The van der Waals surface area contributed by atoms with Gasteiger partial charge >= 0.3 is 0 Å². The van der Waals surface area contributed by atoms with Crippen LogP contribution in [-0.2, 0) is 13.0 Å². The smallest absolute Gasteiger partial charge is 0.132 e. The molecule has 0 amide bonds. The fourth-order valence-corrected chi connectivity index (χ4v) is 2.18. The Morgan fingerprint density at radius 2 is 1.90 bits per heavy atom. The zero-order valence-corrected chi connectivity index (χ0v) is 13.1. The fourth-order valence-electron chi connectivity index (χ4n) is 2.18. The topological polar surface area (TPSA) is 41.1 Å². The van der Waals surface area contributed by atoms with Crippen molar-refractivity contribution in [1.29, 1.82) is 0 Å². The standard InChI is InChI=1S/C17H24N4/c1-14(2)20-13-16-5-4-9-19-17(16)21(3)12-8-15-6-10-18-11-7-15/h4-7,9-11,14,20H,8,12-13H2,1-3H3. The zero-order valence-electron chi connectivity index (χ0n) is 13.1. The van der Waals surface area contributed by atoms with E-state index in [2.05, 4.69) is 59.3 Å². The maximum atomic E-state index is 4.54. The molecule has 0 aliphatic heterocycles. The lowest BCUT2D eigenvalue weighted by atomic mass is 10.2. The first-order valence-electron chi connectivity index (χ1n) is 7.44. The summed E-state index contributed by atoms with van der Waals surface area (Å²) < 4.78 is 0. The Bertz CT molecular complexity index is 539. The van der Waals surface area contributed by atoms with Crippen molar-refractivity contribution >= 4 is 5.82 Å². The lowest BCUT2D eigenvalue weighted by Gasteiger charge is -2.21. The number of pyridine rings is 2. The number of rotatable bonds is 7. The molecule has 0 saturated heterocycles. The summed E-state index contributed by atoms with van der Waals surface area (Å²) in [4.78, 5) is 10.8. The van der Waals surface area contributed by atoms with E-state index < -0.39 is 0 Å². The van der Waals surface area contributed by atoms with E-state index in [1.165, 1.54) is 11.1 Å². The van der Waals surface area contributed by atoms with Crippen LogP contribution in [0.2, 0.25) is 0 Å². The van der Waals surface area contributed by atoms with Crippen molar-refractivity contribution in [2.75, 3.05) is 18.5 Å². The molecule has 0 fully saturated rings. The molecule has 0 atom stereocenters. The summed E-state index contributed by atoms with van der Waals surface area (Å²) in [7, 11) is 2.10. The Hall–Kier alpha value is -1.94. The molecule has 0 radical (unpaired) electrons. The van der Waals surface area contributed by atoms with Crippen LogP contribution < -0.4 is 10.2 Å². The third-order valence-electron chi connectivity index (χ3n) is 3.42. The van der Waals surface area contributed by atoms with Crippen molar-refractivity contribution in [2.45, 2.75) is 32.9 Å². The molecule has 2 aromatic heterocycles. The average Bonchev–Trinajstić information content (AvgIpc) is 2.52. The quantitative estimate of drug-likeness (QED) is 0.848. The van der Waals surface area contributed by atoms with Crippen molar-refractivity contribution in [3.63, 3.8) is 0 Å². The van der Waals surface area contributed by atoms with Gasteiger partial charge in [-0.3, -0.25) is 4.98 Å². The van der Waals surface area contributed by atoms with Gasteiger partial charge in [-0.05, 0) is 30.2 Å². The number of hydrogen-bond acceptors (Lipinski definition) is 4. The SMILES string of the molecule is CC(C)NCc1cccnc1N(C)CCc1ccncc1. The number of aromatic nitrogens is 2. The molecule has 2 rings (SSSR count). The van der Waals surface area contributed by atoms with Crippen molar-refractivity contribution in [3.05, 3.63) is 54.0 Å². The molecule has 4 heteroatoms. The molecule has 1 N–H and O–H groups in total. The second-order valence-electron chi connectivity index (χ2n) is 5.55. The molecular formula is C17H24N4. The summed E-state index contributed by atoms with van der Waals surface area (Å²) in [5.41, 5.74) is 2.54. The lowest BCUT2D eigenvalue weighted by Crippen LogP contribution is -2.26. The van der Waals surface area contributed by atoms with Gasteiger partial charge in [0.15, 0.2) is 0 Å². The Kier molecular flexibility index (Phi) is 5.69. The molecule has 0 bridgehead atoms. The molecular weight excluding hydrogens is 260 g/mol. The van der Waals surface area contributed by atoms with E-state index in [0.29, 0.717) is 6.04 Å². The van der Waals surface area contributed by atoms with Gasteiger partial charge in [0.2, 0.25) is 0 Å². The molecule has 0 aromatic carbocycles. The van der Waals surface area contributed by atoms with Crippen LogP contribution >= 0.6 is 0 Å². The number of anilines is 1. The molecule has 2 aromatic rings. The van der Waals surface area contributed by atoms with Gasteiger partial charge in [-0.15, -0.1) is 0 Å². The van der Waals surface area contributed by atoms with Gasteiger partial charge < -0.3 is 10.2 Å². The third kappa shape index (κ3) is 4.83. The second kappa shape index (κ2) is 7.74. The Balaban J connectivity index is 1.99. The minimum atomic E-state index is 0.472. The lowest BCUT2D eigenvalue weighted by molar-refractivity contribution is 0.587. The minimum absolute atomic E-state index is 0.472. The van der Waals surface area contributed by atoms with Crippen LogP contribution in [0.5, 0.6) is 0 Å². The second-order valence-corrected chi connectivity index (χ2v) is 5.55. The van der Waals surface area contributed by atoms with Crippen molar-refractivity contribution in [3.8, 4) is 0 Å². The summed E-state index contributed by atoms with van der Waals surface area (Å²) in [5, 5.41) is 3.46. The highest BCUT2D eigenvalue weighted by molar-refractivity contribution is 5.46. The largest absolute Gasteiger partial charge is 0.359 e. The highest BCUT2D eigenvalue weighted by Gasteiger charge is 2.09. The number of nitrogens with one attached hydrogen (secondary N) is 1. The van der Waals surface area contributed by atoms with Gasteiger partial charge in [0.25, 0.3) is 0 Å². The predicted molar refractivity (Wildman–Crippen MR) is 87.4 cm³/mol. The summed E-state index contributed by atoms with van der Waals surface area (Å²) in [6.45, 7) is 6.10. The average molecular weight is 284 g/mol. The predicted octanol–water partition coefficient (Wildman–Crippen LogP) is 2.65. The molecule has 2 heterocycles. The van der Waals surface area contributed by atoms with Crippen molar-refractivity contribution < 1.29 is 0 Å². The van der Waals surface area contributed by atoms with Gasteiger partial charge in [0.05, 0.1) is 0 Å². The van der Waals surface area contributed by atoms with E-state index in [9.17, 15) is 0 Å². The van der Waals surface area contributed by atoms with E-state index >= 15 is 0 Å². The van der Waals surface area contributed by atoms with E-state index in [-0.39, 0.29) is 0 Å². The summed E-state index contributed by atoms with van der Waals surface area (Å²) in [6, 6.07) is 8.74. The first kappa shape index (κ1) is 15.4. The molecule has 0 saturated carbocycles. The monoisotopic (exact) mass is 284 g/mol. The maximum Gasteiger partial charge on any atom is 0.132 e. The highest BCUT2D eigenvalue weighted by Crippen LogP contribution is 2.16. The molecule has 0 aliphatic carbocycles. The van der Waals surface area contributed by atoms with Crippen LogP contribution in [0.25, 0.3) is 0 Å². The van der Waals surface area contributed by atoms with E-state index in [1.54, 1.807) is 0 Å². The maximum absolute atomic E-state index is 4.54. The summed E-state index contributed by atoms with van der Waals surface area (Å²) >= 11 is 0.